The molecule has 0 heterocycles. The van der Waals surface area contributed by atoms with E-state index in [1.807, 2.05) is 6.92 Å². The predicted molar refractivity (Wildman–Crippen MR) is 76.4 cm³/mol. The molecule has 0 amide bonds. The molecule has 1 aromatic carbocycles. The van der Waals surface area contributed by atoms with Crippen LogP contribution in [0.4, 0.5) is 5.69 Å². The van der Waals surface area contributed by atoms with Crippen LogP contribution in [0, 0.1) is 10.1 Å². The number of carboxylic acid groups (broad SMARTS) is 1. The van der Waals surface area contributed by atoms with E-state index in [4.69, 9.17) is 14.6 Å². The van der Waals surface area contributed by atoms with Gasteiger partial charge in [0.25, 0.3) is 0 Å². The van der Waals surface area contributed by atoms with Crippen LogP contribution in [-0.4, -0.2) is 35.8 Å². The second-order valence-electron chi connectivity index (χ2n) is 4.05. The molecule has 0 bridgehead atoms. The van der Waals surface area contributed by atoms with Crippen molar-refractivity contribution in [3.05, 3.63) is 40.0 Å². The summed E-state index contributed by atoms with van der Waals surface area (Å²) in [6.07, 6.45) is 2.83. The Morgan fingerprint density at radius 1 is 1.43 bits per heavy atom. The van der Waals surface area contributed by atoms with Crippen molar-refractivity contribution in [1.29, 1.82) is 0 Å². The third kappa shape index (κ3) is 6.05. The van der Waals surface area contributed by atoms with E-state index >= 15 is 0 Å². The number of ether oxygens (including phenoxy) is 2. The highest BCUT2D eigenvalue weighted by molar-refractivity contribution is 5.85. The van der Waals surface area contributed by atoms with Gasteiger partial charge in [0.1, 0.15) is 0 Å². The zero-order valence-corrected chi connectivity index (χ0v) is 11.7. The van der Waals surface area contributed by atoms with Gasteiger partial charge in [-0.25, -0.2) is 4.79 Å². The van der Waals surface area contributed by atoms with E-state index in [1.54, 1.807) is 6.07 Å². The maximum absolute atomic E-state index is 11.0. The van der Waals surface area contributed by atoms with Crippen molar-refractivity contribution in [2.24, 2.45) is 0 Å². The van der Waals surface area contributed by atoms with Crippen LogP contribution in [0.25, 0.3) is 6.08 Å². The minimum absolute atomic E-state index is 0.156. The molecule has 0 saturated carbocycles. The second-order valence-corrected chi connectivity index (χ2v) is 4.05. The SMILES string of the molecule is CCOCCCOc1ccc(C=CC(=O)O)cc1[N+](=O)[O-]. The quantitative estimate of drug-likeness (QED) is 0.325. The molecule has 0 aliphatic heterocycles. The Hall–Kier alpha value is -2.41. The van der Waals surface area contributed by atoms with Crippen LogP contribution in [0.15, 0.2) is 24.3 Å². The van der Waals surface area contributed by atoms with Gasteiger partial charge in [0.15, 0.2) is 5.75 Å². The van der Waals surface area contributed by atoms with E-state index in [0.29, 0.717) is 31.8 Å². The van der Waals surface area contributed by atoms with Crippen molar-refractivity contribution >= 4 is 17.7 Å². The van der Waals surface area contributed by atoms with Crippen LogP contribution < -0.4 is 4.74 Å². The molecule has 1 aromatic rings. The van der Waals surface area contributed by atoms with Gasteiger partial charge in [-0.05, 0) is 24.6 Å². The number of aliphatic carboxylic acids is 1. The van der Waals surface area contributed by atoms with Crippen molar-refractivity contribution in [3.63, 3.8) is 0 Å². The van der Waals surface area contributed by atoms with Gasteiger partial charge in [-0.2, -0.15) is 0 Å². The van der Waals surface area contributed by atoms with Gasteiger partial charge in [-0.3, -0.25) is 10.1 Å². The maximum Gasteiger partial charge on any atom is 0.328 e. The number of nitro benzene ring substituents is 1. The average molecular weight is 295 g/mol. The Morgan fingerprint density at radius 3 is 2.81 bits per heavy atom. The summed E-state index contributed by atoms with van der Waals surface area (Å²) in [7, 11) is 0. The lowest BCUT2D eigenvalue weighted by atomic mass is 10.1. The molecule has 0 atom stereocenters. The lowest BCUT2D eigenvalue weighted by Gasteiger charge is -2.07. The number of carbonyl (C=O) groups is 1. The smallest absolute Gasteiger partial charge is 0.328 e. The van der Waals surface area contributed by atoms with E-state index < -0.39 is 10.9 Å². The van der Waals surface area contributed by atoms with Crippen molar-refractivity contribution in [1.82, 2.24) is 0 Å². The molecule has 0 fully saturated rings. The molecule has 0 radical (unpaired) electrons. The zero-order valence-electron chi connectivity index (χ0n) is 11.7. The third-order valence-electron chi connectivity index (χ3n) is 2.49. The molecular weight excluding hydrogens is 278 g/mol. The molecule has 1 rings (SSSR count). The number of nitro groups is 1. The van der Waals surface area contributed by atoms with Crippen LogP contribution in [-0.2, 0) is 9.53 Å². The van der Waals surface area contributed by atoms with Gasteiger partial charge in [-0.1, -0.05) is 6.07 Å². The van der Waals surface area contributed by atoms with E-state index in [1.165, 1.54) is 18.2 Å². The van der Waals surface area contributed by atoms with E-state index in [0.717, 1.165) is 6.08 Å². The van der Waals surface area contributed by atoms with Crippen molar-refractivity contribution in [3.8, 4) is 5.75 Å². The Morgan fingerprint density at radius 2 is 2.19 bits per heavy atom. The molecule has 7 heteroatoms. The standard InChI is InChI=1S/C14H17NO6/c1-2-20-8-3-9-21-13-6-4-11(5-7-14(16)17)10-12(13)15(18)19/h4-7,10H,2-3,8-9H2,1H3,(H,16,17). The fourth-order valence-corrected chi connectivity index (χ4v) is 1.56. The summed E-state index contributed by atoms with van der Waals surface area (Å²) in [4.78, 5) is 20.9. The summed E-state index contributed by atoms with van der Waals surface area (Å²) in [5, 5.41) is 19.5. The zero-order chi connectivity index (χ0) is 15.7. The molecule has 0 aromatic heterocycles. The highest BCUT2D eigenvalue weighted by atomic mass is 16.6. The summed E-state index contributed by atoms with van der Waals surface area (Å²) >= 11 is 0. The third-order valence-corrected chi connectivity index (χ3v) is 2.49. The topological polar surface area (TPSA) is 98.9 Å². The summed E-state index contributed by atoms with van der Waals surface area (Å²) < 4.78 is 10.5. The number of nitrogens with zero attached hydrogens (tertiary/aromatic N) is 1. The first-order valence-electron chi connectivity index (χ1n) is 6.44. The van der Waals surface area contributed by atoms with Crippen LogP contribution in [0.3, 0.4) is 0 Å². The predicted octanol–water partition coefficient (Wildman–Crippen LogP) is 2.50. The van der Waals surface area contributed by atoms with E-state index in [9.17, 15) is 14.9 Å². The van der Waals surface area contributed by atoms with Gasteiger partial charge in [0.2, 0.25) is 0 Å². The highest BCUT2D eigenvalue weighted by Gasteiger charge is 2.15. The van der Waals surface area contributed by atoms with Crippen molar-refractivity contribution < 1.29 is 24.3 Å². The maximum atomic E-state index is 11.0. The summed E-state index contributed by atoms with van der Waals surface area (Å²) in [5.74, 6) is -0.960. The van der Waals surface area contributed by atoms with E-state index in [2.05, 4.69) is 0 Å². The summed E-state index contributed by atoms with van der Waals surface area (Å²) in [6.45, 7) is 3.34. The molecule has 0 aliphatic rings. The number of benzene rings is 1. The van der Waals surface area contributed by atoms with Crippen molar-refractivity contribution in [2.45, 2.75) is 13.3 Å². The van der Waals surface area contributed by atoms with Crippen LogP contribution >= 0.6 is 0 Å². The van der Waals surface area contributed by atoms with Gasteiger partial charge in [-0.15, -0.1) is 0 Å². The summed E-state index contributed by atoms with van der Waals surface area (Å²) in [6, 6.07) is 4.29. The average Bonchev–Trinajstić information content (AvgIpc) is 2.45. The Balaban J connectivity index is 2.75. The molecule has 0 spiro atoms. The molecule has 21 heavy (non-hydrogen) atoms. The lowest BCUT2D eigenvalue weighted by Crippen LogP contribution is -2.04. The number of rotatable bonds is 9. The first-order valence-corrected chi connectivity index (χ1v) is 6.44. The second kappa shape index (κ2) is 8.70. The van der Waals surface area contributed by atoms with Crippen LogP contribution in [0.5, 0.6) is 5.75 Å². The van der Waals surface area contributed by atoms with Gasteiger partial charge in [0, 0.05) is 31.8 Å². The van der Waals surface area contributed by atoms with Gasteiger partial charge < -0.3 is 14.6 Å². The molecule has 7 nitrogen and oxygen atoms in total. The first kappa shape index (κ1) is 16.6. The molecule has 114 valence electrons. The van der Waals surface area contributed by atoms with Crippen LogP contribution in [0.2, 0.25) is 0 Å². The fraction of sp³-hybridized carbons (Fsp3) is 0.357. The first-order chi connectivity index (χ1) is 10.0. The fourth-order valence-electron chi connectivity index (χ4n) is 1.56. The number of hydrogen-bond donors (Lipinski definition) is 1. The number of hydrogen-bond acceptors (Lipinski definition) is 5. The summed E-state index contributed by atoms with van der Waals surface area (Å²) in [5.41, 5.74) is 0.227. The Bertz CT molecular complexity index is 526. The monoisotopic (exact) mass is 295 g/mol. The van der Waals surface area contributed by atoms with Crippen LogP contribution in [0.1, 0.15) is 18.9 Å². The minimum atomic E-state index is -1.12. The Labute approximate surface area is 121 Å². The van der Waals surface area contributed by atoms with E-state index in [-0.39, 0.29) is 11.4 Å². The molecular formula is C14H17NO6. The molecule has 0 aliphatic carbocycles. The molecule has 1 N–H and O–H groups in total. The number of carboxylic acids is 1. The largest absolute Gasteiger partial charge is 0.487 e. The lowest BCUT2D eigenvalue weighted by molar-refractivity contribution is -0.385. The molecule has 0 unspecified atom stereocenters. The Kier molecular flexibility index (Phi) is 6.90. The van der Waals surface area contributed by atoms with Gasteiger partial charge >= 0.3 is 11.7 Å². The minimum Gasteiger partial charge on any atom is -0.487 e. The highest BCUT2D eigenvalue weighted by Crippen LogP contribution is 2.28. The van der Waals surface area contributed by atoms with Gasteiger partial charge in [0.05, 0.1) is 11.5 Å². The van der Waals surface area contributed by atoms with Crippen molar-refractivity contribution in [2.75, 3.05) is 19.8 Å². The molecule has 0 saturated heterocycles. The normalized spacial score (nSPS) is 10.7.